The van der Waals surface area contributed by atoms with Gasteiger partial charge in [-0.15, -0.1) is 0 Å². The second kappa shape index (κ2) is 6.30. The number of hydrogen-bond acceptors (Lipinski definition) is 4. The van der Waals surface area contributed by atoms with Crippen LogP contribution < -0.4 is 5.32 Å². The largest absolute Gasteiger partial charge is 0.478 e. The summed E-state index contributed by atoms with van der Waals surface area (Å²) >= 11 is 0. The lowest BCUT2D eigenvalue weighted by molar-refractivity contribution is -0.141. The normalized spacial score (nSPS) is 16.7. The molecule has 1 aromatic rings. The first kappa shape index (κ1) is 15.6. The summed E-state index contributed by atoms with van der Waals surface area (Å²) in [6.07, 6.45) is -3.03. The molecule has 2 heterocycles. The van der Waals surface area contributed by atoms with Gasteiger partial charge in [0.05, 0.1) is 0 Å². The number of hydrogen-bond donors (Lipinski definition) is 2. The minimum atomic E-state index is -4.61. The van der Waals surface area contributed by atoms with Gasteiger partial charge in [0, 0.05) is 19.8 Å². The van der Waals surface area contributed by atoms with Gasteiger partial charge in [-0.2, -0.15) is 13.2 Å². The third-order valence-electron chi connectivity index (χ3n) is 3.32. The Bertz CT molecular complexity index is 514. The van der Waals surface area contributed by atoms with Gasteiger partial charge in [-0.05, 0) is 30.9 Å². The highest BCUT2D eigenvalue weighted by Gasteiger charge is 2.33. The maximum Gasteiger partial charge on any atom is 0.433 e. The minimum absolute atomic E-state index is 0.233. The van der Waals surface area contributed by atoms with Gasteiger partial charge in [-0.25, -0.2) is 9.78 Å². The van der Waals surface area contributed by atoms with Crippen molar-refractivity contribution in [3.63, 3.8) is 0 Å². The van der Waals surface area contributed by atoms with Gasteiger partial charge in [0.15, 0.2) is 0 Å². The highest BCUT2D eigenvalue weighted by Crippen LogP contribution is 2.29. The summed E-state index contributed by atoms with van der Waals surface area (Å²) < 4.78 is 43.1. The van der Waals surface area contributed by atoms with Crippen LogP contribution in [0.5, 0.6) is 0 Å². The van der Waals surface area contributed by atoms with E-state index >= 15 is 0 Å². The summed E-state index contributed by atoms with van der Waals surface area (Å²) in [4.78, 5) is 14.5. The fraction of sp³-hybridized carbons (Fsp3) is 0.538. The standard InChI is InChI=1S/C13H15F3N2O3/c14-13(15,16)10-2-1-9(12(19)20)11(18-10)17-7-8-3-5-21-6-4-8/h1-2,8H,3-7H2,(H,17,18)(H,19,20). The van der Waals surface area contributed by atoms with E-state index in [1.54, 1.807) is 0 Å². The number of carboxylic acid groups (broad SMARTS) is 1. The molecule has 0 spiro atoms. The summed E-state index contributed by atoms with van der Waals surface area (Å²) in [5.41, 5.74) is -1.38. The van der Waals surface area contributed by atoms with Gasteiger partial charge < -0.3 is 15.2 Å². The molecule has 0 amide bonds. The molecule has 1 fully saturated rings. The van der Waals surface area contributed by atoms with E-state index < -0.39 is 17.8 Å². The van der Waals surface area contributed by atoms with Gasteiger partial charge in [-0.3, -0.25) is 0 Å². The van der Waals surface area contributed by atoms with Crippen LogP contribution in [0.4, 0.5) is 19.0 Å². The molecule has 0 radical (unpaired) electrons. The number of rotatable bonds is 4. The molecule has 2 rings (SSSR count). The maximum atomic E-state index is 12.6. The van der Waals surface area contributed by atoms with Crippen molar-refractivity contribution in [2.45, 2.75) is 19.0 Å². The molecule has 1 saturated heterocycles. The second-order valence-electron chi connectivity index (χ2n) is 4.83. The zero-order chi connectivity index (χ0) is 15.5. The number of halogens is 3. The van der Waals surface area contributed by atoms with Crippen molar-refractivity contribution in [3.8, 4) is 0 Å². The Hall–Kier alpha value is -1.83. The van der Waals surface area contributed by atoms with Gasteiger partial charge in [0.2, 0.25) is 0 Å². The zero-order valence-corrected chi connectivity index (χ0v) is 11.1. The fourth-order valence-electron chi connectivity index (χ4n) is 2.12. The molecule has 5 nitrogen and oxygen atoms in total. The third-order valence-corrected chi connectivity index (χ3v) is 3.32. The van der Waals surface area contributed by atoms with Crippen LogP contribution in [0.3, 0.4) is 0 Å². The predicted molar refractivity (Wildman–Crippen MR) is 68.2 cm³/mol. The number of alkyl halides is 3. The summed E-state index contributed by atoms with van der Waals surface area (Å²) in [6.45, 7) is 1.58. The number of carbonyl (C=O) groups is 1. The van der Waals surface area contributed by atoms with Crippen LogP contribution in [-0.4, -0.2) is 35.8 Å². The van der Waals surface area contributed by atoms with E-state index in [-0.39, 0.29) is 17.3 Å². The molecule has 21 heavy (non-hydrogen) atoms. The van der Waals surface area contributed by atoms with E-state index in [2.05, 4.69) is 10.3 Å². The fourth-order valence-corrected chi connectivity index (χ4v) is 2.12. The van der Waals surface area contributed by atoms with E-state index in [0.717, 1.165) is 18.9 Å². The van der Waals surface area contributed by atoms with Crippen LogP contribution in [0.2, 0.25) is 0 Å². The number of nitrogens with zero attached hydrogens (tertiary/aromatic N) is 1. The average Bonchev–Trinajstić information content (AvgIpc) is 2.45. The summed E-state index contributed by atoms with van der Waals surface area (Å²) in [5, 5.41) is 11.7. The van der Waals surface area contributed by atoms with Crippen LogP contribution in [0.15, 0.2) is 12.1 Å². The van der Waals surface area contributed by atoms with Gasteiger partial charge in [0.25, 0.3) is 0 Å². The molecule has 0 atom stereocenters. The van der Waals surface area contributed by atoms with E-state index in [4.69, 9.17) is 9.84 Å². The van der Waals surface area contributed by atoms with Crippen molar-refractivity contribution in [3.05, 3.63) is 23.4 Å². The zero-order valence-electron chi connectivity index (χ0n) is 11.1. The van der Waals surface area contributed by atoms with Crippen LogP contribution in [0, 0.1) is 5.92 Å². The Morgan fingerprint density at radius 2 is 2.05 bits per heavy atom. The van der Waals surface area contributed by atoms with Gasteiger partial charge in [-0.1, -0.05) is 0 Å². The van der Waals surface area contributed by atoms with Crippen molar-refractivity contribution in [1.82, 2.24) is 4.98 Å². The molecule has 116 valence electrons. The Morgan fingerprint density at radius 1 is 1.38 bits per heavy atom. The molecule has 0 aromatic carbocycles. The number of carboxylic acids is 1. The van der Waals surface area contributed by atoms with E-state index in [0.29, 0.717) is 25.8 Å². The molecule has 0 unspecified atom stereocenters. The van der Waals surface area contributed by atoms with E-state index in [1.165, 1.54) is 0 Å². The molecular weight excluding hydrogens is 289 g/mol. The molecule has 0 aliphatic carbocycles. The average molecular weight is 304 g/mol. The maximum absolute atomic E-state index is 12.6. The number of ether oxygens (including phenoxy) is 1. The van der Waals surface area contributed by atoms with Gasteiger partial charge >= 0.3 is 12.1 Å². The summed E-state index contributed by atoms with van der Waals surface area (Å²) in [7, 11) is 0. The second-order valence-corrected chi connectivity index (χ2v) is 4.83. The Labute approximate surface area is 119 Å². The van der Waals surface area contributed by atoms with Crippen LogP contribution >= 0.6 is 0 Å². The van der Waals surface area contributed by atoms with Crippen molar-refractivity contribution in [2.75, 3.05) is 25.1 Å². The topological polar surface area (TPSA) is 71.5 Å². The highest BCUT2D eigenvalue weighted by molar-refractivity contribution is 5.93. The number of pyridine rings is 1. The van der Waals surface area contributed by atoms with Crippen molar-refractivity contribution in [1.29, 1.82) is 0 Å². The Morgan fingerprint density at radius 3 is 2.62 bits per heavy atom. The SMILES string of the molecule is O=C(O)c1ccc(C(F)(F)F)nc1NCC1CCOCC1. The van der Waals surface area contributed by atoms with Crippen molar-refractivity contribution >= 4 is 11.8 Å². The van der Waals surface area contributed by atoms with Gasteiger partial charge in [0.1, 0.15) is 17.1 Å². The first-order valence-corrected chi connectivity index (χ1v) is 6.51. The predicted octanol–water partition coefficient (Wildman–Crippen LogP) is 2.64. The number of aromatic nitrogens is 1. The Kier molecular flexibility index (Phi) is 4.66. The number of nitrogens with one attached hydrogen (secondary N) is 1. The molecule has 8 heteroatoms. The summed E-state index contributed by atoms with van der Waals surface area (Å²) in [6, 6.07) is 1.59. The molecule has 1 aromatic heterocycles. The lowest BCUT2D eigenvalue weighted by Gasteiger charge is -2.23. The smallest absolute Gasteiger partial charge is 0.433 e. The molecule has 1 aliphatic rings. The van der Waals surface area contributed by atoms with Crippen molar-refractivity contribution in [2.24, 2.45) is 5.92 Å². The molecular formula is C13H15F3N2O3. The molecule has 2 N–H and O–H groups in total. The van der Waals surface area contributed by atoms with E-state index in [9.17, 15) is 18.0 Å². The molecule has 0 saturated carbocycles. The van der Waals surface area contributed by atoms with E-state index in [1.807, 2.05) is 0 Å². The number of aromatic carboxylic acids is 1. The first-order chi connectivity index (χ1) is 9.88. The molecule has 0 bridgehead atoms. The summed E-state index contributed by atoms with van der Waals surface area (Å²) in [5.74, 6) is -1.33. The quantitative estimate of drug-likeness (QED) is 0.894. The van der Waals surface area contributed by atoms with Crippen LogP contribution in [-0.2, 0) is 10.9 Å². The molecule has 1 aliphatic heterocycles. The van der Waals surface area contributed by atoms with Crippen molar-refractivity contribution < 1.29 is 27.8 Å². The lowest BCUT2D eigenvalue weighted by Crippen LogP contribution is -2.24. The highest BCUT2D eigenvalue weighted by atomic mass is 19.4. The van der Waals surface area contributed by atoms with Crippen LogP contribution in [0.25, 0.3) is 0 Å². The first-order valence-electron chi connectivity index (χ1n) is 6.51. The third kappa shape index (κ3) is 4.07. The number of anilines is 1. The van der Waals surface area contributed by atoms with Crippen LogP contribution in [0.1, 0.15) is 28.9 Å². The Balaban J connectivity index is 2.16. The lowest BCUT2D eigenvalue weighted by atomic mass is 10.0. The monoisotopic (exact) mass is 304 g/mol. The minimum Gasteiger partial charge on any atom is -0.478 e.